The molecule has 2 aromatic rings. The number of rotatable bonds is 6. The highest BCUT2D eigenvalue weighted by atomic mass is 19.4. The Kier molecular flexibility index (Phi) is 9.73. The van der Waals surface area contributed by atoms with E-state index in [4.69, 9.17) is 5.73 Å². The molecule has 0 bridgehead atoms. The van der Waals surface area contributed by atoms with Crippen molar-refractivity contribution >= 4 is 12.6 Å². The van der Waals surface area contributed by atoms with E-state index >= 15 is 0 Å². The van der Waals surface area contributed by atoms with E-state index in [9.17, 15) is 13.2 Å². The van der Waals surface area contributed by atoms with E-state index in [2.05, 4.69) is 55.6 Å². The van der Waals surface area contributed by atoms with Gasteiger partial charge in [-0.25, -0.2) is 9.97 Å². The fourth-order valence-electron chi connectivity index (χ4n) is 3.89. The molecule has 0 atom stereocenters. The third-order valence-electron chi connectivity index (χ3n) is 6.31. The van der Waals surface area contributed by atoms with Crippen molar-refractivity contribution in [3.8, 4) is 11.4 Å². The molecule has 0 unspecified atom stereocenters. The highest BCUT2D eigenvalue weighted by Gasteiger charge is 2.38. The zero-order chi connectivity index (χ0) is 25.3. The molecule has 2 heterocycles. The van der Waals surface area contributed by atoms with Crippen molar-refractivity contribution in [2.45, 2.75) is 63.8 Å². The Morgan fingerprint density at radius 1 is 1.11 bits per heavy atom. The lowest BCUT2D eigenvalue weighted by atomic mass is 9.89. The second kappa shape index (κ2) is 12.7. The molecule has 7 nitrogen and oxygen atoms in total. The molecular weight excluding hydrogens is 457 g/mol. The van der Waals surface area contributed by atoms with E-state index in [1.807, 2.05) is 12.1 Å². The molecule has 1 saturated heterocycles. The van der Waals surface area contributed by atoms with Gasteiger partial charge in [-0.05, 0) is 56.8 Å². The summed E-state index contributed by atoms with van der Waals surface area (Å²) in [6.07, 6.45) is 4.34. The van der Waals surface area contributed by atoms with Crippen LogP contribution >= 0.6 is 0 Å². The molecule has 2 fully saturated rings. The SMILES string of the molecule is C=N/N=C(\OCc1cnc(-c2ccc(C3CCN(CC)CC3)cc2)nc1)C(F)(F)F.NC1CCC1. The van der Waals surface area contributed by atoms with Crippen molar-refractivity contribution in [2.75, 3.05) is 19.6 Å². The first kappa shape index (κ1) is 26.7. The van der Waals surface area contributed by atoms with Crippen molar-refractivity contribution in [1.82, 2.24) is 14.9 Å². The molecule has 2 N–H and O–H groups in total. The lowest BCUT2D eigenvalue weighted by molar-refractivity contribution is -0.0795. The Labute approximate surface area is 204 Å². The van der Waals surface area contributed by atoms with Gasteiger partial charge in [0.15, 0.2) is 5.82 Å². The first-order chi connectivity index (χ1) is 16.8. The molecule has 1 aliphatic carbocycles. The standard InChI is InChI=1S/C21H24F3N5O.C4H9N/c1-3-29-10-8-17(9-11-29)16-4-6-18(7-5-16)19-26-12-15(13-27-19)14-30-20(28-25-2)21(22,23)24;5-4-2-1-3-4/h4-7,12-13,17H,2-3,8-11,14H2,1H3;4H,1-3,5H2/b28-20-;. The van der Waals surface area contributed by atoms with E-state index in [0.29, 0.717) is 23.3 Å². The minimum absolute atomic E-state index is 0.371. The minimum atomic E-state index is -4.74. The Bertz CT molecular complexity index is 951. The van der Waals surface area contributed by atoms with Crippen LogP contribution in [0.5, 0.6) is 0 Å². The van der Waals surface area contributed by atoms with Crippen molar-refractivity contribution in [2.24, 2.45) is 15.9 Å². The Hall–Kier alpha value is -2.85. The zero-order valence-electron chi connectivity index (χ0n) is 20.0. The maximum absolute atomic E-state index is 12.7. The smallest absolute Gasteiger partial charge is 0.468 e. The van der Waals surface area contributed by atoms with Crippen molar-refractivity contribution in [3.63, 3.8) is 0 Å². The van der Waals surface area contributed by atoms with Crippen molar-refractivity contribution in [3.05, 3.63) is 47.8 Å². The van der Waals surface area contributed by atoms with Gasteiger partial charge in [0.1, 0.15) is 6.61 Å². The first-order valence-corrected chi connectivity index (χ1v) is 11.9. The summed E-state index contributed by atoms with van der Waals surface area (Å²) in [6, 6.07) is 8.75. The molecule has 0 amide bonds. The number of hydrogen-bond donors (Lipinski definition) is 1. The number of nitrogens with two attached hydrogens (primary N) is 1. The number of hydrogen-bond acceptors (Lipinski definition) is 7. The van der Waals surface area contributed by atoms with Crippen LogP contribution in [0.3, 0.4) is 0 Å². The molecular formula is C25H33F3N6O. The second-order valence-electron chi connectivity index (χ2n) is 8.77. The molecule has 0 spiro atoms. The van der Waals surface area contributed by atoms with Crippen LogP contribution in [-0.2, 0) is 11.3 Å². The fraction of sp³-hybridized carbons (Fsp3) is 0.520. The number of alkyl halides is 3. The number of ether oxygens (including phenoxy) is 1. The van der Waals surface area contributed by atoms with Gasteiger partial charge in [-0.2, -0.15) is 18.3 Å². The van der Waals surface area contributed by atoms with Crippen LogP contribution in [0.2, 0.25) is 0 Å². The highest BCUT2D eigenvalue weighted by Crippen LogP contribution is 2.29. The molecule has 190 valence electrons. The normalized spacial score (nSPS) is 17.8. The third-order valence-corrected chi connectivity index (χ3v) is 6.31. The Morgan fingerprint density at radius 3 is 2.17 bits per heavy atom. The molecule has 1 aliphatic heterocycles. The molecule has 35 heavy (non-hydrogen) atoms. The largest absolute Gasteiger partial charge is 0.470 e. The van der Waals surface area contributed by atoms with Gasteiger partial charge >= 0.3 is 12.1 Å². The molecule has 2 aliphatic rings. The number of aromatic nitrogens is 2. The molecule has 0 radical (unpaired) electrons. The number of halogens is 3. The topological polar surface area (TPSA) is 89.0 Å². The summed E-state index contributed by atoms with van der Waals surface area (Å²) in [5, 5.41) is 5.75. The summed E-state index contributed by atoms with van der Waals surface area (Å²) < 4.78 is 42.9. The summed E-state index contributed by atoms with van der Waals surface area (Å²) in [5.74, 6) is -0.387. The second-order valence-corrected chi connectivity index (χ2v) is 8.77. The van der Waals surface area contributed by atoms with Gasteiger partial charge in [0.05, 0.1) is 0 Å². The molecule has 1 saturated carbocycles. The number of piperidine rings is 1. The highest BCUT2D eigenvalue weighted by molar-refractivity contribution is 5.81. The maximum atomic E-state index is 12.7. The zero-order valence-corrected chi connectivity index (χ0v) is 20.0. The number of likely N-dealkylation sites (tertiary alicyclic amines) is 1. The summed E-state index contributed by atoms with van der Waals surface area (Å²) >= 11 is 0. The molecule has 10 heteroatoms. The van der Waals surface area contributed by atoms with E-state index in [1.54, 1.807) is 0 Å². The Morgan fingerprint density at radius 2 is 1.71 bits per heavy atom. The molecule has 1 aromatic heterocycles. The van der Waals surface area contributed by atoms with Crippen LogP contribution in [0.15, 0.2) is 46.9 Å². The molecule has 1 aromatic carbocycles. The number of nitrogens with zero attached hydrogens (tertiary/aromatic N) is 5. The van der Waals surface area contributed by atoms with E-state index in [0.717, 1.165) is 38.0 Å². The van der Waals surface area contributed by atoms with Crippen LogP contribution in [0.25, 0.3) is 11.4 Å². The number of benzene rings is 1. The van der Waals surface area contributed by atoms with Gasteiger partial charge < -0.3 is 15.4 Å². The van der Waals surface area contributed by atoms with Gasteiger partial charge in [-0.15, -0.1) is 5.10 Å². The fourth-order valence-corrected chi connectivity index (χ4v) is 3.89. The van der Waals surface area contributed by atoms with Gasteiger partial charge in [-0.3, -0.25) is 0 Å². The summed E-state index contributed by atoms with van der Waals surface area (Å²) in [7, 11) is 0. The van der Waals surface area contributed by atoms with Crippen LogP contribution in [0, 0.1) is 0 Å². The van der Waals surface area contributed by atoms with Crippen LogP contribution in [0.4, 0.5) is 13.2 Å². The van der Waals surface area contributed by atoms with Crippen LogP contribution in [0.1, 0.15) is 56.1 Å². The lowest BCUT2D eigenvalue weighted by Gasteiger charge is -2.31. The van der Waals surface area contributed by atoms with E-state index in [1.165, 1.54) is 37.2 Å². The average molecular weight is 491 g/mol. The quantitative estimate of drug-likeness (QED) is 0.352. The minimum Gasteiger partial charge on any atom is -0.468 e. The van der Waals surface area contributed by atoms with Crippen molar-refractivity contribution < 1.29 is 17.9 Å². The van der Waals surface area contributed by atoms with Gasteiger partial charge in [0, 0.05) is 36.3 Å². The summed E-state index contributed by atoms with van der Waals surface area (Å²) in [4.78, 5) is 10.9. The van der Waals surface area contributed by atoms with Gasteiger partial charge in [-0.1, -0.05) is 37.6 Å². The van der Waals surface area contributed by atoms with E-state index in [-0.39, 0.29) is 6.61 Å². The molecule has 4 rings (SSSR count). The van der Waals surface area contributed by atoms with Crippen LogP contribution < -0.4 is 5.73 Å². The third kappa shape index (κ3) is 8.10. The van der Waals surface area contributed by atoms with Crippen molar-refractivity contribution in [1.29, 1.82) is 0 Å². The summed E-state index contributed by atoms with van der Waals surface area (Å²) in [5.41, 5.74) is 7.93. The lowest BCUT2D eigenvalue weighted by Crippen LogP contribution is -2.32. The monoisotopic (exact) mass is 490 g/mol. The average Bonchev–Trinajstić information content (AvgIpc) is 2.85. The van der Waals surface area contributed by atoms with Crippen LogP contribution in [-0.4, -0.2) is 59.3 Å². The first-order valence-electron chi connectivity index (χ1n) is 11.9. The van der Waals surface area contributed by atoms with E-state index < -0.39 is 12.1 Å². The maximum Gasteiger partial charge on any atom is 0.470 e. The Balaban J connectivity index is 0.000000607. The summed E-state index contributed by atoms with van der Waals surface area (Å²) in [6.45, 7) is 8.07. The predicted octanol–water partition coefficient (Wildman–Crippen LogP) is 4.93. The van der Waals surface area contributed by atoms with Gasteiger partial charge in [0.2, 0.25) is 0 Å². The van der Waals surface area contributed by atoms with Gasteiger partial charge in [0.25, 0.3) is 0 Å². The predicted molar refractivity (Wildman–Crippen MR) is 131 cm³/mol.